The van der Waals surface area contributed by atoms with Gasteiger partial charge >= 0.3 is 12.1 Å². The van der Waals surface area contributed by atoms with Crippen molar-refractivity contribution in [1.29, 1.82) is 0 Å². The van der Waals surface area contributed by atoms with Crippen LogP contribution in [0.5, 0.6) is 5.75 Å². The van der Waals surface area contributed by atoms with Crippen LogP contribution in [-0.2, 0) is 25.7 Å². The van der Waals surface area contributed by atoms with Gasteiger partial charge in [-0.25, -0.2) is 4.79 Å². The lowest BCUT2D eigenvalue weighted by molar-refractivity contribution is -0.151. The molecule has 8 heteroatoms. The maximum Gasteiger partial charge on any atom is 0.408 e. The van der Waals surface area contributed by atoms with Crippen LogP contribution in [0.4, 0.5) is 10.5 Å². The van der Waals surface area contributed by atoms with Crippen molar-refractivity contribution >= 4 is 23.7 Å². The van der Waals surface area contributed by atoms with E-state index >= 15 is 0 Å². The van der Waals surface area contributed by atoms with E-state index in [-0.39, 0.29) is 12.3 Å². The van der Waals surface area contributed by atoms with Crippen molar-refractivity contribution in [2.24, 2.45) is 5.92 Å². The van der Waals surface area contributed by atoms with Gasteiger partial charge in [-0.3, -0.25) is 9.59 Å². The van der Waals surface area contributed by atoms with E-state index in [1.165, 1.54) is 7.11 Å². The molecule has 0 aromatic heterocycles. The van der Waals surface area contributed by atoms with E-state index in [0.717, 1.165) is 5.56 Å². The van der Waals surface area contributed by atoms with Crippen LogP contribution in [0.15, 0.2) is 54.6 Å². The molecule has 2 aromatic carbocycles. The van der Waals surface area contributed by atoms with Crippen LogP contribution in [0.3, 0.4) is 0 Å². The van der Waals surface area contributed by atoms with Crippen molar-refractivity contribution in [3.05, 3.63) is 60.2 Å². The van der Waals surface area contributed by atoms with Crippen molar-refractivity contribution < 1.29 is 28.6 Å². The number of esters is 1. The predicted octanol–water partition coefficient (Wildman–Crippen LogP) is 4.86. The van der Waals surface area contributed by atoms with Gasteiger partial charge in [-0.15, -0.1) is 0 Å². The Balaban J connectivity index is 1.83. The third-order valence-corrected chi connectivity index (χ3v) is 6.14. The molecule has 1 saturated heterocycles. The average Bonchev–Trinajstić information content (AvgIpc) is 3.16. The van der Waals surface area contributed by atoms with Crippen LogP contribution in [0.25, 0.3) is 0 Å². The van der Waals surface area contributed by atoms with E-state index in [0.29, 0.717) is 37.4 Å². The number of carbonyl (C=O) groups excluding carboxylic acids is 3. The van der Waals surface area contributed by atoms with Crippen LogP contribution >= 0.6 is 0 Å². The van der Waals surface area contributed by atoms with Crippen molar-refractivity contribution in [3.63, 3.8) is 0 Å². The molecule has 1 fully saturated rings. The maximum absolute atomic E-state index is 13.9. The summed E-state index contributed by atoms with van der Waals surface area (Å²) in [5.41, 5.74) is -0.513. The number of hydrogen-bond acceptors (Lipinski definition) is 6. The lowest BCUT2D eigenvalue weighted by atomic mass is 9.79. The molecule has 36 heavy (non-hydrogen) atoms. The summed E-state index contributed by atoms with van der Waals surface area (Å²) in [6.45, 7) is 7.91. The normalized spacial score (nSPS) is 18.5. The van der Waals surface area contributed by atoms with Crippen LogP contribution in [0, 0.1) is 5.92 Å². The molecule has 2 unspecified atom stereocenters. The number of benzene rings is 2. The number of ether oxygens (including phenoxy) is 3. The zero-order chi connectivity index (χ0) is 26.3. The Morgan fingerprint density at radius 1 is 1.08 bits per heavy atom. The molecule has 1 aliphatic heterocycles. The van der Waals surface area contributed by atoms with Gasteiger partial charge in [0.1, 0.15) is 23.5 Å². The molecule has 0 spiro atoms. The standard InChI is InChI=1S/C28H36N2O6/c1-6-10-23(24(31)34-5)28(29-26(33)36-27(2,3)4)17-18-30(25(28)32)21-13-15-22(16-14-21)35-19-20-11-8-7-9-12-20/h7-9,11-16,23H,6,10,17-19H2,1-5H3,(H,29,33). The molecular weight excluding hydrogens is 460 g/mol. The van der Waals surface area contributed by atoms with Gasteiger partial charge in [0.15, 0.2) is 0 Å². The van der Waals surface area contributed by atoms with Crippen molar-refractivity contribution in [3.8, 4) is 5.75 Å². The highest BCUT2D eigenvalue weighted by atomic mass is 16.6. The van der Waals surface area contributed by atoms with Gasteiger partial charge in [0.25, 0.3) is 5.91 Å². The van der Waals surface area contributed by atoms with Crippen LogP contribution in [-0.4, -0.2) is 42.8 Å². The highest BCUT2D eigenvalue weighted by Crippen LogP contribution is 2.37. The minimum Gasteiger partial charge on any atom is -0.489 e. The third kappa shape index (κ3) is 6.36. The molecule has 0 bridgehead atoms. The zero-order valence-electron chi connectivity index (χ0n) is 21.7. The number of carbonyl (C=O) groups is 3. The second kappa shape index (κ2) is 11.5. The molecule has 0 saturated carbocycles. The first kappa shape index (κ1) is 27.0. The molecule has 2 atom stereocenters. The minimum absolute atomic E-state index is 0.247. The first-order chi connectivity index (χ1) is 17.1. The van der Waals surface area contributed by atoms with E-state index < -0.39 is 29.1 Å². The lowest BCUT2D eigenvalue weighted by Crippen LogP contribution is -2.61. The van der Waals surface area contributed by atoms with Gasteiger partial charge < -0.3 is 24.4 Å². The zero-order valence-corrected chi connectivity index (χ0v) is 21.7. The Kier molecular flexibility index (Phi) is 8.61. The third-order valence-electron chi connectivity index (χ3n) is 6.14. The van der Waals surface area contributed by atoms with Gasteiger partial charge in [0, 0.05) is 12.2 Å². The maximum atomic E-state index is 13.9. The average molecular weight is 497 g/mol. The largest absolute Gasteiger partial charge is 0.489 e. The first-order valence-electron chi connectivity index (χ1n) is 12.3. The predicted molar refractivity (Wildman–Crippen MR) is 137 cm³/mol. The summed E-state index contributed by atoms with van der Waals surface area (Å²) < 4.78 is 16.3. The Hall–Kier alpha value is -3.55. The molecule has 1 aliphatic rings. The molecule has 3 rings (SSSR count). The molecule has 0 aliphatic carbocycles. The Labute approximate surface area is 212 Å². The number of alkyl carbamates (subject to hydrolysis) is 1. The quantitative estimate of drug-likeness (QED) is 0.499. The first-order valence-corrected chi connectivity index (χ1v) is 12.3. The van der Waals surface area contributed by atoms with Crippen molar-refractivity contribution in [2.45, 2.75) is 64.7 Å². The Morgan fingerprint density at radius 3 is 2.33 bits per heavy atom. The fourth-order valence-electron chi connectivity index (χ4n) is 4.46. The molecule has 2 amide bonds. The minimum atomic E-state index is -1.46. The number of nitrogens with one attached hydrogen (secondary N) is 1. The van der Waals surface area contributed by atoms with Gasteiger partial charge in [-0.05, 0) is 63.4 Å². The van der Waals surface area contributed by atoms with Gasteiger partial charge in [-0.2, -0.15) is 0 Å². The van der Waals surface area contributed by atoms with Crippen molar-refractivity contribution in [2.75, 3.05) is 18.6 Å². The smallest absolute Gasteiger partial charge is 0.408 e. The fraction of sp³-hybridized carbons (Fsp3) is 0.464. The van der Waals surface area contributed by atoms with E-state index in [2.05, 4.69) is 5.32 Å². The second-order valence-electron chi connectivity index (χ2n) is 9.94. The molecular formula is C28H36N2O6. The van der Waals surface area contributed by atoms with E-state index in [9.17, 15) is 14.4 Å². The Morgan fingerprint density at radius 2 is 1.75 bits per heavy atom. The number of rotatable bonds is 9. The summed E-state index contributed by atoms with van der Waals surface area (Å²) in [6, 6.07) is 17.0. The van der Waals surface area contributed by atoms with Crippen LogP contribution < -0.4 is 15.0 Å². The topological polar surface area (TPSA) is 94.2 Å². The van der Waals surface area contributed by atoms with Gasteiger partial charge in [0.2, 0.25) is 0 Å². The number of hydrogen-bond donors (Lipinski definition) is 1. The SMILES string of the molecule is CCCC(C(=O)OC)C1(NC(=O)OC(C)(C)C)CCN(c2ccc(OCc3ccccc3)cc2)C1=O. The van der Waals surface area contributed by atoms with E-state index in [1.807, 2.05) is 37.3 Å². The van der Waals surface area contributed by atoms with Crippen LogP contribution in [0.1, 0.15) is 52.5 Å². The Bertz CT molecular complexity index is 1050. The fourth-order valence-corrected chi connectivity index (χ4v) is 4.46. The molecule has 8 nitrogen and oxygen atoms in total. The summed E-state index contributed by atoms with van der Waals surface area (Å²) in [4.78, 5) is 41.0. The second-order valence-corrected chi connectivity index (χ2v) is 9.94. The molecule has 1 heterocycles. The summed E-state index contributed by atoms with van der Waals surface area (Å²) >= 11 is 0. The van der Waals surface area contributed by atoms with Gasteiger partial charge in [-0.1, -0.05) is 43.7 Å². The number of nitrogens with zero attached hydrogens (tertiary/aromatic N) is 1. The molecule has 194 valence electrons. The summed E-state index contributed by atoms with van der Waals surface area (Å²) in [7, 11) is 1.29. The number of anilines is 1. The van der Waals surface area contributed by atoms with Crippen LogP contribution in [0.2, 0.25) is 0 Å². The summed E-state index contributed by atoms with van der Waals surface area (Å²) in [5.74, 6) is -1.07. The number of methoxy groups -OCH3 is 1. The highest BCUT2D eigenvalue weighted by Gasteiger charge is 2.56. The molecule has 1 N–H and O–H groups in total. The molecule has 0 radical (unpaired) electrons. The van der Waals surface area contributed by atoms with E-state index in [1.54, 1.807) is 49.9 Å². The summed E-state index contributed by atoms with van der Waals surface area (Å²) in [5, 5.41) is 2.77. The lowest BCUT2D eigenvalue weighted by Gasteiger charge is -2.35. The molecule has 2 aromatic rings. The number of amides is 2. The van der Waals surface area contributed by atoms with E-state index in [4.69, 9.17) is 14.2 Å². The van der Waals surface area contributed by atoms with Crippen molar-refractivity contribution in [1.82, 2.24) is 5.32 Å². The van der Waals surface area contributed by atoms with Gasteiger partial charge in [0.05, 0.1) is 13.0 Å². The summed E-state index contributed by atoms with van der Waals surface area (Å²) in [6.07, 6.45) is 0.524. The highest BCUT2D eigenvalue weighted by molar-refractivity contribution is 6.06. The monoisotopic (exact) mass is 496 g/mol.